The lowest BCUT2D eigenvalue weighted by Crippen LogP contribution is -2.13. The van der Waals surface area contributed by atoms with Crippen LogP contribution in [0.15, 0.2) is 52.4 Å². The molecule has 1 amide bonds. The van der Waals surface area contributed by atoms with Gasteiger partial charge in [0, 0.05) is 17.5 Å². The van der Waals surface area contributed by atoms with E-state index in [4.69, 9.17) is 0 Å². The summed E-state index contributed by atoms with van der Waals surface area (Å²) in [6.07, 6.45) is 0. The second-order valence-electron chi connectivity index (χ2n) is 5.29. The molecule has 1 aromatic heterocycles. The predicted molar refractivity (Wildman–Crippen MR) is 98.3 cm³/mol. The molecule has 23 heavy (non-hydrogen) atoms. The van der Waals surface area contributed by atoms with Crippen molar-refractivity contribution in [3.8, 4) is 0 Å². The molecule has 0 aliphatic carbocycles. The Morgan fingerprint density at radius 1 is 1.22 bits per heavy atom. The third-order valence-electron chi connectivity index (χ3n) is 3.57. The van der Waals surface area contributed by atoms with Crippen LogP contribution in [0.2, 0.25) is 0 Å². The number of rotatable bonds is 3. The maximum Gasteiger partial charge on any atom is 0.279 e. The SMILES string of the molecule is CCSc1ccc(C(=O)N=c2sc3cc(C)ccc3n2C)cc1. The highest BCUT2D eigenvalue weighted by Gasteiger charge is 2.07. The van der Waals surface area contributed by atoms with Gasteiger partial charge in [0.2, 0.25) is 0 Å². The van der Waals surface area contributed by atoms with Crippen molar-refractivity contribution in [1.29, 1.82) is 0 Å². The largest absolute Gasteiger partial charge is 0.319 e. The zero-order valence-electron chi connectivity index (χ0n) is 13.4. The quantitative estimate of drug-likeness (QED) is 0.661. The van der Waals surface area contributed by atoms with Crippen LogP contribution >= 0.6 is 23.1 Å². The van der Waals surface area contributed by atoms with E-state index in [1.165, 1.54) is 10.5 Å². The van der Waals surface area contributed by atoms with Gasteiger partial charge in [0.1, 0.15) is 0 Å². The lowest BCUT2D eigenvalue weighted by Gasteiger charge is -1.99. The monoisotopic (exact) mass is 342 g/mol. The van der Waals surface area contributed by atoms with E-state index in [2.05, 4.69) is 37.0 Å². The fraction of sp³-hybridized carbons (Fsp3) is 0.222. The molecule has 0 aliphatic rings. The van der Waals surface area contributed by atoms with Gasteiger partial charge in [0.15, 0.2) is 4.80 Å². The number of hydrogen-bond donors (Lipinski definition) is 0. The van der Waals surface area contributed by atoms with Gasteiger partial charge in [-0.15, -0.1) is 11.8 Å². The molecule has 0 N–H and O–H groups in total. The van der Waals surface area contributed by atoms with Crippen molar-refractivity contribution in [1.82, 2.24) is 4.57 Å². The first-order valence-corrected chi connectivity index (χ1v) is 9.27. The highest BCUT2D eigenvalue weighted by molar-refractivity contribution is 7.99. The summed E-state index contributed by atoms with van der Waals surface area (Å²) in [5.74, 6) is 0.825. The summed E-state index contributed by atoms with van der Waals surface area (Å²) in [6, 6.07) is 13.9. The van der Waals surface area contributed by atoms with Gasteiger partial charge in [-0.3, -0.25) is 4.79 Å². The number of fused-ring (bicyclic) bond motifs is 1. The molecule has 0 aliphatic heterocycles. The average Bonchev–Trinajstić information content (AvgIpc) is 2.83. The average molecular weight is 342 g/mol. The van der Waals surface area contributed by atoms with Crippen molar-refractivity contribution in [3.05, 3.63) is 58.4 Å². The molecule has 0 bridgehead atoms. The zero-order valence-corrected chi connectivity index (χ0v) is 15.0. The maximum absolute atomic E-state index is 12.4. The Hall–Kier alpha value is -1.85. The maximum atomic E-state index is 12.4. The van der Waals surface area contributed by atoms with Crippen LogP contribution in [-0.2, 0) is 7.05 Å². The number of aryl methyl sites for hydroxylation is 2. The standard InChI is InChI=1S/C18H18N2OS2/c1-4-22-14-8-6-13(7-9-14)17(21)19-18-20(3)15-10-5-12(2)11-16(15)23-18/h5-11H,4H2,1-3H3. The van der Waals surface area contributed by atoms with Gasteiger partial charge in [-0.2, -0.15) is 4.99 Å². The predicted octanol–water partition coefficient (Wildman–Crippen LogP) is 4.40. The second kappa shape index (κ2) is 6.72. The number of carbonyl (C=O) groups excluding carboxylic acids is 1. The van der Waals surface area contributed by atoms with Crippen LogP contribution in [0.3, 0.4) is 0 Å². The zero-order chi connectivity index (χ0) is 16.4. The van der Waals surface area contributed by atoms with E-state index in [1.807, 2.05) is 35.9 Å². The van der Waals surface area contributed by atoms with Gasteiger partial charge < -0.3 is 4.57 Å². The van der Waals surface area contributed by atoms with E-state index in [9.17, 15) is 4.79 Å². The normalized spacial score (nSPS) is 12.0. The van der Waals surface area contributed by atoms with E-state index in [-0.39, 0.29) is 5.91 Å². The van der Waals surface area contributed by atoms with Crippen LogP contribution < -0.4 is 4.80 Å². The number of hydrogen-bond acceptors (Lipinski definition) is 3. The molecule has 5 heteroatoms. The van der Waals surface area contributed by atoms with Crippen molar-refractivity contribution in [2.75, 3.05) is 5.75 Å². The Kier molecular flexibility index (Phi) is 4.68. The molecule has 1 heterocycles. The minimum atomic E-state index is -0.197. The van der Waals surface area contributed by atoms with E-state index in [0.29, 0.717) is 5.56 Å². The van der Waals surface area contributed by atoms with Crippen LogP contribution in [0.25, 0.3) is 10.2 Å². The molecule has 0 unspecified atom stereocenters. The number of benzene rings is 2. The van der Waals surface area contributed by atoms with Gasteiger partial charge in [-0.1, -0.05) is 24.3 Å². The number of thiazole rings is 1. The lowest BCUT2D eigenvalue weighted by atomic mass is 10.2. The first-order valence-electron chi connectivity index (χ1n) is 7.46. The first-order chi connectivity index (χ1) is 11.1. The van der Waals surface area contributed by atoms with E-state index in [0.717, 1.165) is 20.8 Å². The highest BCUT2D eigenvalue weighted by atomic mass is 32.2. The summed E-state index contributed by atoms with van der Waals surface area (Å²) in [5, 5.41) is 0. The van der Waals surface area contributed by atoms with Crippen molar-refractivity contribution in [2.24, 2.45) is 12.0 Å². The Morgan fingerprint density at radius 2 is 1.96 bits per heavy atom. The molecule has 0 saturated heterocycles. The second-order valence-corrected chi connectivity index (χ2v) is 7.64. The van der Waals surface area contributed by atoms with E-state index >= 15 is 0 Å². The van der Waals surface area contributed by atoms with Crippen LogP contribution in [0.4, 0.5) is 0 Å². The smallest absolute Gasteiger partial charge is 0.279 e. The lowest BCUT2D eigenvalue weighted by molar-refractivity contribution is 0.0998. The molecule has 0 spiro atoms. The van der Waals surface area contributed by atoms with Gasteiger partial charge in [-0.05, 0) is 54.6 Å². The Bertz CT molecular complexity index is 920. The molecule has 3 aromatic rings. The minimum Gasteiger partial charge on any atom is -0.319 e. The van der Waals surface area contributed by atoms with E-state index in [1.54, 1.807) is 23.1 Å². The minimum absolute atomic E-state index is 0.197. The molecule has 0 atom stereocenters. The number of aromatic nitrogens is 1. The molecule has 118 valence electrons. The summed E-state index contributed by atoms with van der Waals surface area (Å²) in [7, 11) is 1.95. The van der Waals surface area contributed by atoms with Crippen molar-refractivity contribution >= 4 is 39.2 Å². The number of amides is 1. The van der Waals surface area contributed by atoms with Crippen molar-refractivity contribution < 1.29 is 4.79 Å². The van der Waals surface area contributed by atoms with Crippen LogP contribution in [0, 0.1) is 6.92 Å². The van der Waals surface area contributed by atoms with Crippen LogP contribution in [-0.4, -0.2) is 16.2 Å². The summed E-state index contributed by atoms with van der Waals surface area (Å²) >= 11 is 3.31. The molecular weight excluding hydrogens is 324 g/mol. The number of nitrogens with zero attached hydrogens (tertiary/aromatic N) is 2. The van der Waals surface area contributed by atoms with Crippen LogP contribution in [0.5, 0.6) is 0 Å². The van der Waals surface area contributed by atoms with Gasteiger partial charge in [-0.25, -0.2) is 0 Å². The third kappa shape index (κ3) is 3.41. The molecule has 0 saturated carbocycles. The summed E-state index contributed by atoms with van der Waals surface area (Å²) < 4.78 is 3.12. The van der Waals surface area contributed by atoms with Crippen molar-refractivity contribution in [3.63, 3.8) is 0 Å². The molecule has 3 nitrogen and oxygen atoms in total. The van der Waals surface area contributed by atoms with Gasteiger partial charge in [0.05, 0.1) is 10.2 Å². The Labute approximate surface area is 143 Å². The number of thioether (sulfide) groups is 1. The Balaban J connectivity index is 1.97. The molecule has 0 fully saturated rings. The highest BCUT2D eigenvalue weighted by Crippen LogP contribution is 2.19. The summed E-state index contributed by atoms with van der Waals surface area (Å²) in [4.78, 5) is 18.6. The summed E-state index contributed by atoms with van der Waals surface area (Å²) in [5.41, 5.74) is 2.93. The first kappa shape index (κ1) is 16.0. The topological polar surface area (TPSA) is 34.4 Å². The van der Waals surface area contributed by atoms with Gasteiger partial charge in [0.25, 0.3) is 5.91 Å². The molecule has 3 rings (SSSR count). The van der Waals surface area contributed by atoms with E-state index < -0.39 is 0 Å². The fourth-order valence-corrected chi connectivity index (χ4v) is 4.14. The third-order valence-corrected chi connectivity index (χ3v) is 5.56. The Morgan fingerprint density at radius 3 is 2.65 bits per heavy atom. The van der Waals surface area contributed by atoms with Crippen LogP contribution in [0.1, 0.15) is 22.8 Å². The van der Waals surface area contributed by atoms with Gasteiger partial charge >= 0.3 is 0 Å². The summed E-state index contributed by atoms with van der Waals surface area (Å²) in [6.45, 7) is 4.18. The number of carbonyl (C=O) groups is 1. The molecular formula is C18H18N2OS2. The fourth-order valence-electron chi connectivity index (χ4n) is 2.36. The molecule has 2 aromatic carbocycles. The molecule has 0 radical (unpaired) electrons. The van der Waals surface area contributed by atoms with Crippen molar-refractivity contribution in [2.45, 2.75) is 18.7 Å².